The Morgan fingerprint density at radius 3 is 2.50 bits per heavy atom. The zero-order valence-electron chi connectivity index (χ0n) is 11.8. The molecule has 4 nitrogen and oxygen atoms in total. The smallest absolute Gasteiger partial charge is 0.230 e. The van der Waals surface area contributed by atoms with Crippen LogP contribution >= 0.6 is 0 Å². The van der Waals surface area contributed by atoms with E-state index in [1.54, 1.807) is 0 Å². The lowest BCUT2D eigenvalue weighted by atomic mass is 9.72. The highest BCUT2D eigenvalue weighted by Crippen LogP contribution is 2.37. The van der Waals surface area contributed by atoms with E-state index in [2.05, 4.69) is 23.8 Å². The molecule has 2 aliphatic rings. The number of likely N-dealkylation sites (N-methyl/N-ethyl adjacent to an activating group) is 1. The van der Waals surface area contributed by atoms with E-state index in [1.165, 1.54) is 6.42 Å². The van der Waals surface area contributed by atoms with E-state index in [9.17, 15) is 4.79 Å². The third-order valence-electron chi connectivity index (χ3n) is 4.75. The fraction of sp³-hybridized carbons (Fsp3) is 0.929. The lowest BCUT2D eigenvalue weighted by Crippen LogP contribution is -2.58. The van der Waals surface area contributed by atoms with Gasteiger partial charge < -0.3 is 15.5 Å². The molecule has 1 saturated carbocycles. The summed E-state index contributed by atoms with van der Waals surface area (Å²) >= 11 is 0. The Hall–Kier alpha value is -0.610. The van der Waals surface area contributed by atoms with Crippen molar-refractivity contribution in [3.63, 3.8) is 0 Å². The Morgan fingerprint density at radius 2 is 1.94 bits per heavy atom. The fourth-order valence-corrected chi connectivity index (χ4v) is 3.48. The van der Waals surface area contributed by atoms with Gasteiger partial charge in [-0.3, -0.25) is 4.79 Å². The second-order valence-electron chi connectivity index (χ2n) is 6.15. The molecule has 18 heavy (non-hydrogen) atoms. The standard InChI is InChI=1S/C14H27N3O/c1-12-10-16(2)8-9-17(12)13(18)14(11-15)6-4-3-5-7-14/h12H,3-11,15H2,1-2H3. The number of amides is 1. The van der Waals surface area contributed by atoms with E-state index in [1.807, 2.05) is 0 Å². The van der Waals surface area contributed by atoms with Gasteiger partial charge in [0.2, 0.25) is 5.91 Å². The zero-order valence-corrected chi connectivity index (χ0v) is 11.8. The van der Waals surface area contributed by atoms with E-state index in [0.717, 1.165) is 45.3 Å². The van der Waals surface area contributed by atoms with Crippen molar-refractivity contribution < 1.29 is 4.79 Å². The second-order valence-corrected chi connectivity index (χ2v) is 6.15. The Bertz CT molecular complexity index is 299. The van der Waals surface area contributed by atoms with Crippen LogP contribution in [-0.4, -0.2) is 55.0 Å². The predicted octanol–water partition coefficient (Wildman–Crippen LogP) is 1.06. The predicted molar refractivity (Wildman–Crippen MR) is 73.2 cm³/mol. The maximum atomic E-state index is 12.9. The molecule has 2 fully saturated rings. The normalized spacial score (nSPS) is 29.3. The van der Waals surface area contributed by atoms with Crippen LogP contribution in [-0.2, 0) is 4.79 Å². The molecule has 4 heteroatoms. The zero-order chi connectivity index (χ0) is 13.2. The van der Waals surface area contributed by atoms with Gasteiger partial charge in [-0.05, 0) is 26.8 Å². The summed E-state index contributed by atoms with van der Waals surface area (Å²) in [5.74, 6) is 0.324. The summed E-state index contributed by atoms with van der Waals surface area (Å²) in [6.07, 6.45) is 5.55. The first kappa shape index (κ1) is 13.8. The molecule has 1 saturated heterocycles. The summed E-state index contributed by atoms with van der Waals surface area (Å²) < 4.78 is 0. The number of nitrogens with zero attached hydrogens (tertiary/aromatic N) is 2. The van der Waals surface area contributed by atoms with E-state index < -0.39 is 0 Å². The molecule has 1 aliphatic carbocycles. The molecular weight excluding hydrogens is 226 g/mol. The third-order valence-corrected chi connectivity index (χ3v) is 4.75. The van der Waals surface area contributed by atoms with Crippen molar-refractivity contribution in [1.82, 2.24) is 9.80 Å². The average Bonchev–Trinajstić information content (AvgIpc) is 2.39. The van der Waals surface area contributed by atoms with Crippen molar-refractivity contribution in [2.45, 2.75) is 45.1 Å². The van der Waals surface area contributed by atoms with Crippen molar-refractivity contribution in [3.8, 4) is 0 Å². The summed E-state index contributed by atoms with van der Waals surface area (Å²) in [5, 5.41) is 0. The molecule has 1 aliphatic heterocycles. The van der Waals surface area contributed by atoms with E-state index in [4.69, 9.17) is 5.73 Å². The van der Waals surface area contributed by atoms with Crippen LogP contribution in [0.25, 0.3) is 0 Å². The topological polar surface area (TPSA) is 49.6 Å². The Kier molecular flexibility index (Phi) is 4.28. The SMILES string of the molecule is CC1CN(C)CCN1C(=O)C1(CN)CCCCC1. The van der Waals surface area contributed by atoms with Crippen LogP contribution in [0.15, 0.2) is 0 Å². The molecule has 0 radical (unpaired) electrons. The first-order valence-corrected chi connectivity index (χ1v) is 7.29. The van der Waals surface area contributed by atoms with Gasteiger partial charge in [-0.2, -0.15) is 0 Å². The highest BCUT2D eigenvalue weighted by atomic mass is 16.2. The largest absolute Gasteiger partial charge is 0.337 e. The van der Waals surface area contributed by atoms with E-state index >= 15 is 0 Å². The van der Waals surface area contributed by atoms with Crippen LogP contribution in [0, 0.1) is 5.41 Å². The van der Waals surface area contributed by atoms with Crippen molar-refractivity contribution >= 4 is 5.91 Å². The van der Waals surface area contributed by atoms with Crippen LogP contribution in [0.4, 0.5) is 0 Å². The molecule has 104 valence electrons. The molecule has 0 aromatic heterocycles. The molecule has 1 heterocycles. The van der Waals surface area contributed by atoms with Gasteiger partial charge >= 0.3 is 0 Å². The number of carbonyl (C=O) groups excluding carboxylic acids is 1. The number of hydrogen-bond donors (Lipinski definition) is 1. The number of nitrogens with two attached hydrogens (primary N) is 1. The molecule has 0 aromatic carbocycles. The number of carbonyl (C=O) groups is 1. The summed E-state index contributed by atoms with van der Waals surface area (Å²) in [6.45, 7) is 5.49. The van der Waals surface area contributed by atoms with Gasteiger partial charge in [0, 0.05) is 32.2 Å². The average molecular weight is 253 g/mol. The van der Waals surface area contributed by atoms with E-state index in [0.29, 0.717) is 18.5 Å². The van der Waals surface area contributed by atoms with Crippen LogP contribution in [0.5, 0.6) is 0 Å². The molecule has 0 aromatic rings. The molecule has 2 N–H and O–H groups in total. The van der Waals surface area contributed by atoms with Gasteiger partial charge in [-0.25, -0.2) is 0 Å². The minimum Gasteiger partial charge on any atom is -0.337 e. The van der Waals surface area contributed by atoms with Crippen molar-refractivity contribution in [3.05, 3.63) is 0 Å². The number of rotatable bonds is 2. The summed E-state index contributed by atoms with van der Waals surface area (Å²) in [4.78, 5) is 17.2. The molecule has 1 unspecified atom stereocenters. The van der Waals surface area contributed by atoms with Crippen LogP contribution in [0.2, 0.25) is 0 Å². The Balaban J connectivity index is 2.09. The van der Waals surface area contributed by atoms with Crippen LogP contribution in [0.1, 0.15) is 39.0 Å². The lowest BCUT2D eigenvalue weighted by molar-refractivity contribution is -0.148. The van der Waals surface area contributed by atoms with Crippen LogP contribution in [0.3, 0.4) is 0 Å². The molecule has 1 amide bonds. The van der Waals surface area contributed by atoms with Crippen molar-refractivity contribution in [2.75, 3.05) is 33.2 Å². The lowest BCUT2D eigenvalue weighted by Gasteiger charge is -2.45. The first-order chi connectivity index (χ1) is 8.59. The summed E-state index contributed by atoms with van der Waals surface area (Å²) in [7, 11) is 2.12. The highest BCUT2D eigenvalue weighted by Gasteiger charge is 2.42. The number of piperazine rings is 1. The van der Waals surface area contributed by atoms with Gasteiger partial charge in [-0.1, -0.05) is 19.3 Å². The summed E-state index contributed by atoms with van der Waals surface area (Å²) in [6, 6.07) is 0.321. The molecule has 2 rings (SSSR count). The van der Waals surface area contributed by atoms with Gasteiger partial charge in [0.25, 0.3) is 0 Å². The first-order valence-electron chi connectivity index (χ1n) is 7.29. The molecular formula is C14H27N3O. The molecule has 0 spiro atoms. The third kappa shape index (κ3) is 2.54. The minimum atomic E-state index is -0.248. The molecule has 1 atom stereocenters. The molecule has 0 bridgehead atoms. The summed E-state index contributed by atoms with van der Waals surface area (Å²) in [5.41, 5.74) is 5.71. The maximum Gasteiger partial charge on any atom is 0.230 e. The van der Waals surface area contributed by atoms with Crippen LogP contribution < -0.4 is 5.73 Å². The highest BCUT2D eigenvalue weighted by molar-refractivity contribution is 5.83. The van der Waals surface area contributed by atoms with Crippen molar-refractivity contribution in [2.24, 2.45) is 11.1 Å². The minimum absolute atomic E-state index is 0.248. The van der Waals surface area contributed by atoms with Gasteiger partial charge in [0.05, 0.1) is 5.41 Å². The van der Waals surface area contributed by atoms with Gasteiger partial charge in [0.1, 0.15) is 0 Å². The monoisotopic (exact) mass is 253 g/mol. The Labute approximate surface area is 110 Å². The quantitative estimate of drug-likeness (QED) is 0.800. The second kappa shape index (κ2) is 5.57. The fourth-order valence-electron chi connectivity index (χ4n) is 3.48. The van der Waals surface area contributed by atoms with E-state index in [-0.39, 0.29) is 5.41 Å². The van der Waals surface area contributed by atoms with Gasteiger partial charge in [0.15, 0.2) is 0 Å². The van der Waals surface area contributed by atoms with Crippen molar-refractivity contribution in [1.29, 1.82) is 0 Å². The Morgan fingerprint density at radius 1 is 1.28 bits per heavy atom. The van der Waals surface area contributed by atoms with Gasteiger partial charge in [-0.15, -0.1) is 0 Å². The number of hydrogen-bond acceptors (Lipinski definition) is 3. The maximum absolute atomic E-state index is 12.9.